The summed E-state index contributed by atoms with van der Waals surface area (Å²) in [4.78, 5) is 30.8. The van der Waals surface area contributed by atoms with Gasteiger partial charge in [0.05, 0.1) is 11.7 Å². The molecule has 8 heteroatoms. The van der Waals surface area contributed by atoms with Crippen molar-refractivity contribution in [3.63, 3.8) is 0 Å². The summed E-state index contributed by atoms with van der Waals surface area (Å²) in [5.74, 6) is -0.778. The normalized spacial score (nSPS) is 12.1. The van der Waals surface area contributed by atoms with Crippen molar-refractivity contribution in [2.45, 2.75) is 13.0 Å². The summed E-state index contributed by atoms with van der Waals surface area (Å²) in [6.07, 6.45) is 1.39. The Bertz CT molecular complexity index is 1250. The van der Waals surface area contributed by atoms with Gasteiger partial charge < -0.3 is 5.32 Å². The summed E-state index contributed by atoms with van der Waals surface area (Å²) < 4.78 is 15.3. The molecule has 5 nitrogen and oxygen atoms in total. The van der Waals surface area contributed by atoms with E-state index in [1.54, 1.807) is 6.92 Å². The van der Waals surface area contributed by atoms with Crippen LogP contribution in [-0.2, 0) is 4.79 Å². The molecule has 0 aliphatic rings. The molecule has 0 spiro atoms. The van der Waals surface area contributed by atoms with Gasteiger partial charge in [0.2, 0.25) is 5.91 Å². The van der Waals surface area contributed by atoms with Crippen LogP contribution >= 0.6 is 27.3 Å². The minimum atomic E-state index is -0.790. The topological polar surface area (TPSA) is 64.0 Å². The molecule has 1 atom stereocenters. The van der Waals surface area contributed by atoms with Crippen molar-refractivity contribution in [1.82, 2.24) is 9.55 Å². The van der Waals surface area contributed by atoms with E-state index in [1.165, 1.54) is 46.5 Å². The summed E-state index contributed by atoms with van der Waals surface area (Å²) in [5.41, 5.74) is 1.86. The van der Waals surface area contributed by atoms with Crippen LogP contribution in [-0.4, -0.2) is 15.5 Å². The fourth-order valence-electron chi connectivity index (χ4n) is 2.97. The van der Waals surface area contributed by atoms with Gasteiger partial charge in [0.15, 0.2) is 0 Å². The Morgan fingerprint density at radius 2 is 1.86 bits per heavy atom. The lowest BCUT2D eigenvalue weighted by atomic mass is 10.1. The van der Waals surface area contributed by atoms with Crippen LogP contribution in [0.5, 0.6) is 0 Å². The number of benzene rings is 2. The average molecular weight is 472 g/mol. The van der Waals surface area contributed by atoms with Crippen LogP contribution in [0.4, 0.5) is 10.1 Å². The zero-order chi connectivity index (χ0) is 20.5. The Hall–Kier alpha value is -2.84. The number of halogens is 2. The van der Waals surface area contributed by atoms with Crippen molar-refractivity contribution in [1.29, 1.82) is 0 Å². The van der Waals surface area contributed by atoms with Gasteiger partial charge in [-0.2, -0.15) is 0 Å². The molecule has 29 heavy (non-hydrogen) atoms. The molecule has 2 aromatic carbocycles. The van der Waals surface area contributed by atoms with E-state index in [1.807, 2.05) is 29.6 Å². The molecule has 1 unspecified atom stereocenters. The van der Waals surface area contributed by atoms with Gasteiger partial charge in [-0.15, -0.1) is 11.3 Å². The third kappa shape index (κ3) is 3.86. The molecule has 0 bridgehead atoms. The van der Waals surface area contributed by atoms with Crippen molar-refractivity contribution in [3.8, 4) is 11.1 Å². The Kier molecular flexibility index (Phi) is 5.29. The highest BCUT2D eigenvalue weighted by Gasteiger charge is 2.20. The van der Waals surface area contributed by atoms with Gasteiger partial charge in [0, 0.05) is 21.1 Å². The van der Waals surface area contributed by atoms with Crippen molar-refractivity contribution in [3.05, 3.63) is 80.9 Å². The lowest BCUT2D eigenvalue weighted by Crippen LogP contribution is -2.31. The first kappa shape index (κ1) is 19.5. The first-order valence-electron chi connectivity index (χ1n) is 8.75. The third-order valence-corrected chi connectivity index (χ3v) is 6.00. The zero-order valence-electron chi connectivity index (χ0n) is 15.2. The molecule has 0 radical (unpaired) electrons. The van der Waals surface area contributed by atoms with Gasteiger partial charge in [-0.05, 0) is 48.9 Å². The number of nitrogens with zero attached hydrogens (tertiary/aromatic N) is 2. The second-order valence-electron chi connectivity index (χ2n) is 6.47. The number of thiophene rings is 1. The van der Waals surface area contributed by atoms with Crippen LogP contribution < -0.4 is 10.9 Å². The summed E-state index contributed by atoms with van der Waals surface area (Å²) in [5, 5.41) is 5.08. The molecule has 0 fully saturated rings. The molecule has 0 aliphatic heterocycles. The minimum Gasteiger partial charge on any atom is -0.324 e. The van der Waals surface area contributed by atoms with Crippen molar-refractivity contribution >= 4 is 49.1 Å². The standard InChI is InChI=1S/C21H15BrFN3O2S/c1-12(19(27)25-16-8-6-15(23)7-9-16)26-11-24-20-18(21(26)28)17(10-29-20)13-2-4-14(22)5-3-13/h2-12H,1H3,(H,25,27). The monoisotopic (exact) mass is 471 g/mol. The Balaban J connectivity index is 1.70. The van der Waals surface area contributed by atoms with Crippen LogP contribution in [0.25, 0.3) is 21.3 Å². The van der Waals surface area contributed by atoms with Gasteiger partial charge in [-0.1, -0.05) is 28.1 Å². The van der Waals surface area contributed by atoms with E-state index in [2.05, 4.69) is 26.2 Å². The Morgan fingerprint density at radius 1 is 1.17 bits per heavy atom. The quantitative estimate of drug-likeness (QED) is 0.443. The summed E-state index contributed by atoms with van der Waals surface area (Å²) >= 11 is 4.80. The molecule has 146 valence electrons. The predicted molar refractivity (Wildman–Crippen MR) is 117 cm³/mol. The van der Waals surface area contributed by atoms with Crippen LogP contribution in [0, 0.1) is 5.82 Å². The van der Waals surface area contributed by atoms with E-state index in [0.717, 1.165) is 15.6 Å². The second-order valence-corrected chi connectivity index (χ2v) is 8.24. The number of carbonyl (C=O) groups is 1. The Morgan fingerprint density at radius 3 is 2.55 bits per heavy atom. The molecule has 2 heterocycles. The highest BCUT2D eigenvalue weighted by Crippen LogP contribution is 2.31. The minimum absolute atomic E-state index is 0.282. The van der Waals surface area contributed by atoms with E-state index in [-0.39, 0.29) is 17.3 Å². The number of aromatic nitrogens is 2. The lowest BCUT2D eigenvalue weighted by Gasteiger charge is -2.15. The van der Waals surface area contributed by atoms with Gasteiger partial charge in [0.25, 0.3) is 5.56 Å². The van der Waals surface area contributed by atoms with E-state index >= 15 is 0 Å². The molecule has 4 aromatic rings. The number of rotatable bonds is 4. The smallest absolute Gasteiger partial charge is 0.263 e. The zero-order valence-corrected chi connectivity index (χ0v) is 17.6. The largest absolute Gasteiger partial charge is 0.324 e. The number of fused-ring (bicyclic) bond motifs is 1. The summed E-state index contributed by atoms with van der Waals surface area (Å²) in [7, 11) is 0. The van der Waals surface area contributed by atoms with Gasteiger partial charge in [-0.25, -0.2) is 9.37 Å². The van der Waals surface area contributed by atoms with Crippen molar-refractivity contribution in [2.75, 3.05) is 5.32 Å². The maximum Gasteiger partial charge on any atom is 0.263 e. The molecule has 4 rings (SSSR count). The van der Waals surface area contributed by atoms with Crippen LogP contribution in [0.15, 0.2) is 69.5 Å². The fraction of sp³-hybridized carbons (Fsp3) is 0.0952. The average Bonchev–Trinajstić information content (AvgIpc) is 3.15. The number of hydrogen-bond donors (Lipinski definition) is 1. The number of carbonyl (C=O) groups excluding carboxylic acids is 1. The molecule has 1 N–H and O–H groups in total. The molecule has 2 aromatic heterocycles. The highest BCUT2D eigenvalue weighted by molar-refractivity contribution is 9.10. The van der Waals surface area contributed by atoms with Crippen molar-refractivity contribution in [2.24, 2.45) is 0 Å². The maximum atomic E-state index is 13.2. The number of hydrogen-bond acceptors (Lipinski definition) is 4. The highest BCUT2D eigenvalue weighted by atomic mass is 79.9. The molecule has 0 aliphatic carbocycles. The van der Waals surface area contributed by atoms with E-state index in [0.29, 0.717) is 15.9 Å². The summed E-state index contributed by atoms with van der Waals surface area (Å²) in [6, 6.07) is 12.3. The fourth-order valence-corrected chi connectivity index (χ4v) is 4.14. The molecule has 0 saturated heterocycles. The first-order valence-corrected chi connectivity index (χ1v) is 10.4. The van der Waals surface area contributed by atoms with Crippen LogP contribution in [0.2, 0.25) is 0 Å². The van der Waals surface area contributed by atoms with E-state index in [9.17, 15) is 14.0 Å². The molecular weight excluding hydrogens is 457 g/mol. The second kappa shape index (κ2) is 7.88. The lowest BCUT2D eigenvalue weighted by molar-refractivity contribution is -0.118. The third-order valence-electron chi connectivity index (χ3n) is 4.58. The van der Waals surface area contributed by atoms with Gasteiger partial charge in [0.1, 0.15) is 16.7 Å². The van der Waals surface area contributed by atoms with Gasteiger partial charge in [-0.3, -0.25) is 14.2 Å². The molecule has 1 amide bonds. The predicted octanol–water partition coefficient (Wildman–Crippen LogP) is 5.23. The Labute approximate surface area is 178 Å². The summed E-state index contributed by atoms with van der Waals surface area (Å²) in [6.45, 7) is 1.62. The number of amides is 1. The first-order chi connectivity index (χ1) is 13.9. The van der Waals surface area contributed by atoms with Crippen molar-refractivity contribution < 1.29 is 9.18 Å². The maximum absolute atomic E-state index is 13.2. The van der Waals surface area contributed by atoms with E-state index in [4.69, 9.17) is 0 Å². The van der Waals surface area contributed by atoms with E-state index < -0.39 is 6.04 Å². The van der Waals surface area contributed by atoms with Crippen LogP contribution in [0.3, 0.4) is 0 Å². The molecular formula is C21H15BrFN3O2S. The van der Waals surface area contributed by atoms with Gasteiger partial charge >= 0.3 is 0 Å². The number of anilines is 1. The van der Waals surface area contributed by atoms with Crippen LogP contribution in [0.1, 0.15) is 13.0 Å². The number of nitrogens with one attached hydrogen (secondary N) is 1. The molecule has 0 saturated carbocycles. The SMILES string of the molecule is CC(C(=O)Nc1ccc(F)cc1)n1cnc2scc(-c3ccc(Br)cc3)c2c1=O.